The highest BCUT2D eigenvalue weighted by atomic mass is 32.1. The van der Waals surface area contributed by atoms with E-state index in [9.17, 15) is 0 Å². The number of rotatable bonds is 5. The summed E-state index contributed by atoms with van der Waals surface area (Å²) in [5, 5.41) is 7.69. The molecule has 1 fully saturated rings. The summed E-state index contributed by atoms with van der Waals surface area (Å²) in [4.78, 5) is 0. The van der Waals surface area contributed by atoms with E-state index in [-0.39, 0.29) is 0 Å². The molecule has 0 radical (unpaired) electrons. The molecule has 1 unspecified atom stereocenters. The fourth-order valence-electron chi connectivity index (χ4n) is 1.99. The molecule has 1 N–H and O–H groups in total. The van der Waals surface area contributed by atoms with E-state index in [1.807, 2.05) is 0 Å². The van der Waals surface area contributed by atoms with Crippen LogP contribution in [0, 0.1) is 5.92 Å². The van der Waals surface area contributed by atoms with E-state index in [1.165, 1.54) is 37.9 Å². The molecule has 1 aliphatic heterocycles. The van der Waals surface area contributed by atoms with Crippen LogP contribution in [0.2, 0.25) is 0 Å². The molecular formula is C12H19NOS. The largest absolute Gasteiger partial charge is 0.377 e. The van der Waals surface area contributed by atoms with Gasteiger partial charge in [0, 0.05) is 6.61 Å². The maximum atomic E-state index is 5.66. The Bertz CT molecular complexity index is 255. The van der Waals surface area contributed by atoms with Crippen LogP contribution in [0.25, 0.3) is 0 Å². The number of thiophene rings is 1. The van der Waals surface area contributed by atoms with Crippen LogP contribution < -0.4 is 5.32 Å². The molecule has 1 aliphatic rings. The topological polar surface area (TPSA) is 21.3 Å². The quantitative estimate of drug-likeness (QED) is 0.778. The van der Waals surface area contributed by atoms with Crippen LogP contribution >= 0.6 is 11.3 Å². The minimum Gasteiger partial charge on any atom is -0.377 e. The molecule has 1 aromatic rings. The molecule has 0 amide bonds. The molecule has 2 rings (SSSR count). The number of nitrogens with one attached hydrogen (secondary N) is 1. The molecule has 2 nitrogen and oxygen atoms in total. The summed E-state index contributed by atoms with van der Waals surface area (Å²) in [5.41, 5.74) is 1.31. The van der Waals surface area contributed by atoms with Crippen LogP contribution in [-0.4, -0.2) is 19.7 Å². The zero-order valence-electron chi connectivity index (χ0n) is 9.08. The van der Waals surface area contributed by atoms with E-state index in [4.69, 9.17) is 4.74 Å². The zero-order chi connectivity index (χ0) is 10.3. The third-order valence-corrected chi connectivity index (χ3v) is 3.65. The predicted molar refractivity (Wildman–Crippen MR) is 64.2 cm³/mol. The number of hydrogen-bond donors (Lipinski definition) is 1. The van der Waals surface area contributed by atoms with Crippen molar-refractivity contribution in [1.82, 2.24) is 5.32 Å². The van der Waals surface area contributed by atoms with Gasteiger partial charge in [0.2, 0.25) is 0 Å². The van der Waals surface area contributed by atoms with E-state index in [1.54, 1.807) is 11.3 Å². The standard InChI is InChI=1S/C12H19NOS/c1-2-11(8-13-5-1)3-6-14-9-12-4-7-15-10-12/h4,7,10-11,13H,1-3,5-6,8-9H2. The van der Waals surface area contributed by atoms with Crippen LogP contribution in [0.15, 0.2) is 16.8 Å². The molecule has 0 spiro atoms. The van der Waals surface area contributed by atoms with Crippen molar-refractivity contribution in [3.05, 3.63) is 22.4 Å². The van der Waals surface area contributed by atoms with Gasteiger partial charge in [-0.2, -0.15) is 11.3 Å². The van der Waals surface area contributed by atoms with Crippen molar-refractivity contribution >= 4 is 11.3 Å². The number of hydrogen-bond acceptors (Lipinski definition) is 3. The van der Waals surface area contributed by atoms with Crippen LogP contribution in [-0.2, 0) is 11.3 Å². The molecule has 0 aromatic carbocycles. The van der Waals surface area contributed by atoms with Crippen molar-refractivity contribution in [2.24, 2.45) is 5.92 Å². The molecule has 15 heavy (non-hydrogen) atoms. The first-order valence-electron chi connectivity index (χ1n) is 5.74. The van der Waals surface area contributed by atoms with Crippen LogP contribution in [0.5, 0.6) is 0 Å². The third-order valence-electron chi connectivity index (χ3n) is 2.92. The fourth-order valence-corrected chi connectivity index (χ4v) is 2.64. The van der Waals surface area contributed by atoms with Gasteiger partial charge >= 0.3 is 0 Å². The molecule has 0 aliphatic carbocycles. The average Bonchev–Trinajstić information content (AvgIpc) is 2.79. The van der Waals surface area contributed by atoms with Crippen molar-refractivity contribution in [3.8, 4) is 0 Å². The number of piperidine rings is 1. The summed E-state index contributed by atoms with van der Waals surface area (Å²) < 4.78 is 5.66. The monoisotopic (exact) mass is 225 g/mol. The van der Waals surface area contributed by atoms with Crippen LogP contribution in [0.3, 0.4) is 0 Å². The summed E-state index contributed by atoms with van der Waals surface area (Å²) in [6.07, 6.45) is 3.90. The van der Waals surface area contributed by atoms with E-state index in [0.29, 0.717) is 0 Å². The molecule has 0 saturated carbocycles. The van der Waals surface area contributed by atoms with E-state index in [0.717, 1.165) is 19.1 Å². The highest BCUT2D eigenvalue weighted by Gasteiger charge is 2.12. The second kappa shape index (κ2) is 6.26. The Morgan fingerprint density at radius 2 is 2.53 bits per heavy atom. The van der Waals surface area contributed by atoms with Gasteiger partial charge in [-0.05, 0) is 60.7 Å². The van der Waals surface area contributed by atoms with Crippen LogP contribution in [0.1, 0.15) is 24.8 Å². The minimum atomic E-state index is 0.781. The molecule has 0 bridgehead atoms. The highest BCUT2D eigenvalue weighted by Crippen LogP contribution is 2.14. The Morgan fingerprint density at radius 3 is 3.27 bits per heavy atom. The normalized spacial score (nSPS) is 21.7. The minimum absolute atomic E-state index is 0.781. The molecule has 3 heteroatoms. The van der Waals surface area contributed by atoms with E-state index in [2.05, 4.69) is 22.1 Å². The first-order valence-corrected chi connectivity index (χ1v) is 6.69. The van der Waals surface area contributed by atoms with Crippen molar-refractivity contribution in [2.45, 2.75) is 25.9 Å². The van der Waals surface area contributed by atoms with Gasteiger partial charge in [-0.25, -0.2) is 0 Å². The van der Waals surface area contributed by atoms with Gasteiger partial charge in [0.05, 0.1) is 6.61 Å². The second-order valence-electron chi connectivity index (χ2n) is 4.19. The van der Waals surface area contributed by atoms with Gasteiger partial charge < -0.3 is 10.1 Å². The Balaban J connectivity index is 1.54. The summed E-state index contributed by atoms with van der Waals surface area (Å²) in [5.74, 6) is 0.834. The van der Waals surface area contributed by atoms with Crippen LogP contribution in [0.4, 0.5) is 0 Å². The van der Waals surface area contributed by atoms with Gasteiger partial charge in [0.15, 0.2) is 0 Å². The number of ether oxygens (including phenoxy) is 1. The summed E-state index contributed by atoms with van der Waals surface area (Å²) >= 11 is 1.74. The predicted octanol–water partition coefficient (Wildman–Crippen LogP) is 2.65. The Labute approximate surface area is 95.6 Å². The van der Waals surface area contributed by atoms with Gasteiger partial charge in [0.25, 0.3) is 0 Å². The van der Waals surface area contributed by atoms with Gasteiger partial charge in [0.1, 0.15) is 0 Å². The molecule has 1 aromatic heterocycles. The fraction of sp³-hybridized carbons (Fsp3) is 0.667. The average molecular weight is 225 g/mol. The van der Waals surface area contributed by atoms with Crippen molar-refractivity contribution in [2.75, 3.05) is 19.7 Å². The summed E-state index contributed by atoms with van der Waals surface area (Å²) in [7, 11) is 0. The first kappa shape index (κ1) is 11.1. The molecule has 84 valence electrons. The second-order valence-corrected chi connectivity index (χ2v) is 4.97. The van der Waals surface area contributed by atoms with Gasteiger partial charge in [-0.1, -0.05) is 0 Å². The lowest BCUT2D eigenvalue weighted by atomic mass is 9.97. The molecule has 1 atom stereocenters. The lowest BCUT2D eigenvalue weighted by Gasteiger charge is -2.22. The Morgan fingerprint density at radius 1 is 1.53 bits per heavy atom. The van der Waals surface area contributed by atoms with Gasteiger partial charge in [-0.3, -0.25) is 0 Å². The maximum absolute atomic E-state index is 5.66. The van der Waals surface area contributed by atoms with Crippen molar-refractivity contribution < 1.29 is 4.74 Å². The first-order chi connectivity index (χ1) is 7.45. The zero-order valence-corrected chi connectivity index (χ0v) is 9.89. The molecule has 1 saturated heterocycles. The summed E-state index contributed by atoms with van der Waals surface area (Å²) in [6, 6.07) is 2.13. The smallest absolute Gasteiger partial charge is 0.0724 e. The third kappa shape index (κ3) is 3.93. The SMILES string of the molecule is c1cc(COCCC2CCCNC2)cs1. The van der Waals surface area contributed by atoms with E-state index >= 15 is 0 Å². The summed E-state index contributed by atoms with van der Waals surface area (Å²) in [6.45, 7) is 4.07. The molecule has 2 heterocycles. The maximum Gasteiger partial charge on any atom is 0.0724 e. The highest BCUT2D eigenvalue weighted by molar-refractivity contribution is 7.07. The van der Waals surface area contributed by atoms with Crippen molar-refractivity contribution in [3.63, 3.8) is 0 Å². The Hall–Kier alpha value is -0.380. The lowest BCUT2D eigenvalue weighted by Crippen LogP contribution is -2.30. The van der Waals surface area contributed by atoms with Crippen molar-refractivity contribution in [1.29, 1.82) is 0 Å². The lowest BCUT2D eigenvalue weighted by molar-refractivity contribution is 0.104. The van der Waals surface area contributed by atoms with E-state index < -0.39 is 0 Å². The van der Waals surface area contributed by atoms with Gasteiger partial charge in [-0.15, -0.1) is 0 Å². The molecular weight excluding hydrogens is 206 g/mol. The Kier molecular flexibility index (Phi) is 4.64.